The van der Waals surface area contributed by atoms with E-state index < -0.39 is 17.0 Å². The Kier molecular flexibility index (Phi) is 3.73. The smallest absolute Gasteiger partial charge is 0.309 e. The van der Waals surface area contributed by atoms with Gasteiger partial charge in [0.05, 0.1) is 11.0 Å². The van der Waals surface area contributed by atoms with Crippen molar-refractivity contribution in [3.63, 3.8) is 0 Å². The number of carboxylic acids is 1. The Balaban J connectivity index is 2.82. The summed E-state index contributed by atoms with van der Waals surface area (Å²) in [6, 6.07) is 0. The molecule has 0 heterocycles. The molecule has 92 valence electrons. The van der Waals surface area contributed by atoms with Crippen molar-refractivity contribution in [2.24, 2.45) is 5.41 Å². The van der Waals surface area contributed by atoms with Gasteiger partial charge in [0.25, 0.3) is 0 Å². The Morgan fingerprint density at radius 3 is 2.31 bits per heavy atom. The lowest BCUT2D eigenvalue weighted by Crippen LogP contribution is -2.42. The maximum atomic E-state index is 11.4. The van der Waals surface area contributed by atoms with Gasteiger partial charge in [-0.25, -0.2) is 0 Å². The van der Waals surface area contributed by atoms with Crippen LogP contribution in [0, 0.1) is 5.41 Å². The first kappa shape index (κ1) is 13.2. The van der Waals surface area contributed by atoms with E-state index in [-0.39, 0.29) is 5.78 Å². The number of ketones is 1. The van der Waals surface area contributed by atoms with Crippen LogP contribution in [0.5, 0.6) is 0 Å². The molecule has 1 N–H and O–H groups in total. The van der Waals surface area contributed by atoms with Gasteiger partial charge in [-0.2, -0.15) is 0 Å². The van der Waals surface area contributed by atoms with Crippen molar-refractivity contribution < 1.29 is 19.4 Å². The van der Waals surface area contributed by atoms with Crippen molar-refractivity contribution in [2.75, 3.05) is 7.11 Å². The van der Waals surface area contributed by atoms with Crippen molar-refractivity contribution >= 4 is 11.8 Å². The summed E-state index contributed by atoms with van der Waals surface area (Å²) in [7, 11) is 1.59. The normalized spacial score (nSPS) is 20.8. The lowest BCUT2D eigenvalue weighted by Gasteiger charge is -2.38. The van der Waals surface area contributed by atoms with Crippen molar-refractivity contribution in [3.05, 3.63) is 0 Å². The minimum Gasteiger partial charge on any atom is -0.481 e. The molecule has 4 heteroatoms. The van der Waals surface area contributed by atoms with Crippen LogP contribution in [0.15, 0.2) is 0 Å². The Bertz CT molecular complexity index is 283. The number of Topliss-reactive ketones (excluding diaryl/α,β-unsaturated/α-hetero) is 1. The molecule has 0 amide bonds. The van der Waals surface area contributed by atoms with Crippen LogP contribution >= 0.6 is 0 Å². The molecule has 16 heavy (non-hydrogen) atoms. The number of rotatable bonds is 4. The molecule has 0 unspecified atom stereocenters. The highest BCUT2D eigenvalue weighted by Crippen LogP contribution is 2.42. The maximum absolute atomic E-state index is 11.4. The molecular formula is C12H20O4. The summed E-state index contributed by atoms with van der Waals surface area (Å²) in [6.07, 6.45) is 2.10. The standard InChI is InChI=1S/C12H20O4/c1-11(2,16-3)8-12(10(14)15)6-4-9(13)5-7-12/h4-8H2,1-3H3,(H,14,15). The molecule has 0 aromatic rings. The van der Waals surface area contributed by atoms with E-state index in [9.17, 15) is 14.7 Å². The molecule has 1 saturated carbocycles. The number of methoxy groups -OCH3 is 1. The molecule has 1 aliphatic carbocycles. The molecule has 0 bridgehead atoms. The molecule has 0 aliphatic heterocycles. The van der Waals surface area contributed by atoms with Crippen LogP contribution in [0.25, 0.3) is 0 Å². The first-order chi connectivity index (χ1) is 7.31. The summed E-state index contributed by atoms with van der Waals surface area (Å²) in [4.78, 5) is 22.6. The summed E-state index contributed by atoms with van der Waals surface area (Å²) in [5, 5.41) is 9.37. The largest absolute Gasteiger partial charge is 0.481 e. The summed E-state index contributed by atoms with van der Waals surface area (Å²) in [5.74, 6) is -0.628. The van der Waals surface area contributed by atoms with Gasteiger partial charge < -0.3 is 9.84 Å². The highest BCUT2D eigenvalue weighted by atomic mass is 16.5. The zero-order valence-corrected chi connectivity index (χ0v) is 10.2. The molecule has 1 aliphatic rings. The minimum atomic E-state index is -0.801. The summed E-state index contributed by atoms with van der Waals surface area (Å²) < 4.78 is 5.29. The number of aliphatic carboxylic acids is 1. The Morgan fingerprint density at radius 2 is 1.94 bits per heavy atom. The summed E-state index contributed by atoms with van der Waals surface area (Å²) in [6.45, 7) is 3.77. The minimum absolute atomic E-state index is 0.173. The number of hydrogen-bond acceptors (Lipinski definition) is 3. The van der Waals surface area contributed by atoms with E-state index in [1.165, 1.54) is 0 Å². The molecule has 0 aromatic heterocycles. The number of hydrogen-bond donors (Lipinski definition) is 1. The zero-order chi connectivity index (χ0) is 12.4. The third-order valence-corrected chi connectivity index (χ3v) is 3.54. The average Bonchev–Trinajstić information content (AvgIpc) is 2.21. The van der Waals surface area contributed by atoms with E-state index in [4.69, 9.17) is 4.74 Å². The molecule has 4 nitrogen and oxygen atoms in total. The number of carboxylic acid groups (broad SMARTS) is 1. The fraction of sp³-hybridized carbons (Fsp3) is 0.833. The zero-order valence-electron chi connectivity index (χ0n) is 10.2. The van der Waals surface area contributed by atoms with Gasteiger partial charge in [0.15, 0.2) is 0 Å². The number of carbonyl (C=O) groups is 2. The van der Waals surface area contributed by atoms with Crippen molar-refractivity contribution in [3.8, 4) is 0 Å². The monoisotopic (exact) mass is 228 g/mol. The molecule has 0 spiro atoms. The second kappa shape index (κ2) is 4.53. The fourth-order valence-corrected chi connectivity index (χ4v) is 2.36. The second-order valence-corrected chi connectivity index (χ2v) is 5.26. The quantitative estimate of drug-likeness (QED) is 0.799. The molecule has 1 rings (SSSR count). The topological polar surface area (TPSA) is 63.6 Å². The van der Waals surface area contributed by atoms with Crippen LogP contribution < -0.4 is 0 Å². The van der Waals surface area contributed by atoms with Gasteiger partial charge in [0, 0.05) is 20.0 Å². The van der Waals surface area contributed by atoms with E-state index in [1.807, 2.05) is 13.8 Å². The van der Waals surface area contributed by atoms with Crippen LogP contribution in [-0.2, 0) is 14.3 Å². The molecule has 0 saturated heterocycles. The van der Waals surface area contributed by atoms with Crippen LogP contribution in [0.4, 0.5) is 0 Å². The molecule has 0 aromatic carbocycles. The Labute approximate surface area is 96.0 Å². The van der Waals surface area contributed by atoms with Gasteiger partial charge in [0.1, 0.15) is 5.78 Å². The van der Waals surface area contributed by atoms with Gasteiger partial charge in [-0.3, -0.25) is 9.59 Å². The SMILES string of the molecule is COC(C)(C)CC1(C(=O)O)CCC(=O)CC1. The molecule has 0 radical (unpaired) electrons. The number of carbonyl (C=O) groups excluding carboxylic acids is 1. The van der Waals surface area contributed by atoms with E-state index in [0.29, 0.717) is 32.1 Å². The van der Waals surface area contributed by atoms with Crippen LogP contribution in [0.3, 0.4) is 0 Å². The lowest BCUT2D eigenvalue weighted by molar-refractivity contribution is -0.157. The average molecular weight is 228 g/mol. The highest BCUT2D eigenvalue weighted by Gasteiger charge is 2.45. The first-order valence-electron chi connectivity index (χ1n) is 5.62. The second-order valence-electron chi connectivity index (χ2n) is 5.26. The third-order valence-electron chi connectivity index (χ3n) is 3.54. The van der Waals surface area contributed by atoms with Crippen molar-refractivity contribution in [2.45, 2.75) is 51.6 Å². The predicted octanol–water partition coefficient (Wildman–Crippen LogP) is 2.02. The van der Waals surface area contributed by atoms with E-state index in [1.54, 1.807) is 7.11 Å². The van der Waals surface area contributed by atoms with E-state index in [2.05, 4.69) is 0 Å². The highest BCUT2D eigenvalue weighted by molar-refractivity contribution is 5.83. The maximum Gasteiger partial charge on any atom is 0.309 e. The van der Waals surface area contributed by atoms with Gasteiger partial charge >= 0.3 is 5.97 Å². The van der Waals surface area contributed by atoms with Gasteiger partial charge in [0.2, 0.25) is 0 Å². The third kappa shape index (κ3) is 2.82. The lowest BCUT2D eigenvalue weighted by atomic mass is 9.68. The van der Waals surface area contributed by atoms with Crippen LogP contribution in [0.1, 0.15) is 46.0 Å². The van der Waals surface area contributed by atoms with Gasteiger partial charge in [-0.05, 0) is 33.1 Å². The predicted molar refractivity (Wildman–Crippen MR) is 59.2 cm³/mol. The van der Waals surface area contributed by atoms with Crippen molar-refractivity contribution in [1.82, 2.24) is 0 Å². The summed E-state index contributed by atoms with van der Waals surface area (Å²) >= 11 is 0. The summed E-state index contributed by atoms with van der Waals surface area (Å²) in [5.41, 5.74) is -1.24. The van der Waals surface area contributed by atoms with E-state index >= 15 is 0 Å². The molecule has 0 atom stereocenters. The first-order valence-corrected chi connectivity index (χ1v) is 5.62. The van der Waals surface area contributed by atoms with Crippen molar-refractivity contribution in [1.29, 1.82) is 0 Å². The number of ether oxygens (including phenoxy) is 1. The fourth-order valence-electron chi connectivity index (χ4n) is 2.36. The van der Waals surface area contributed by atoms with Gasteiger partial charge in [-0.1, -0.05) is 0 Å². The Hall–Kier alpha value is -0.900. The van der Waals surface area contributed by atoms with Crippen LogP contribution in [0.2, 0.25) is 0 Å². The molecular weight excluding hydrogens is 208 g/mol. The molecule has 1 fully saturated rings. The van der Waals surface area contributed by atoms with Crippen LogP contribution in [-0.4, -0.2) is 29.6 Å². The Morgan fingerprint density at radius 1 is 1.44 bits per heavy atom. The van der Waals surface area contributed by atoms with E-state index in [0.717, 1.165) is 0 Å². The van der Waals surface area contributed by atoms with Gasteiger partial charge in [-0.15, -0.1) is 0 Å².